The van der Waals surface area contributed by atoms with Crippen molar-refractivity contribution >= 4 is 16.9 Å². The maximum atomic E-state index is 13.2. The smallest absolute Gasteiger partial charge is 0.422 e. The summed E-state index contributed by atoms with van der Waals surface area (Å²) in [6.07, 6.45) is -4.23. The van der Waals surface area contributed by atoms with E-state index in [2.05, 4.69) is 0 Å². The molecule has 0 spiro atoms. The van der Waals surface area contributed by atoms with Crippen molar-refractivity contribution in [2.75, 3.05) is 6.61 Å². The van der Waals surface area contributed by atoms with Gasteiger partial charge in [0.2, 0.25) is 0 Å². The van der Waals surface area contributed by atoms with Crippen LogP contribution in [0.1, 0.15) is 23.1 Å². The molecule has 0 saturated heterocycles. The van der Waals surface area contributed by atoms with Crippen LogP contribution >= 0.6 is 0 Å². The highest BCUT2D eigenvalue weighted by Gasteiger charge is 2.32. The Labute approximate surface area is 157 Å². The highest BCUT2D eigenvalue weighted by molar-refractivity contribution is 6.00. The predicted octanol–water partition coefficient (Wildman–Crippen LogP) is 3.53. The van der Waals surface area contributed by atoms with Crippen molar-refractivity contribution in [2.24, 2.45) is 7.05 Å². The molecule has 148 valence electrons. The second-order valence-corrected chi connectivity index (χ2v) is 6.17. The van der Waals surface area contributed by atoms with Crippen LogP contribution in [0, 0.1) is 0 Å². The van der Waals surface area contributed by atoms with Gasteiger partial charge in [0.1, 0.15) is 5.39 Å². The quantitative estimate of drug-likeness (QED) is 0.719. The summed E-state index contributed by atoms with van der Waals surface area (Å²) < 4.78 is 45.4. The van der Waals surface area contributed by atoms with Crippen molar-refractivity contribution in [3.63, 3.8) is 0 Å². The van der Waals surface area contributed by atoms with Gasteiger partial charge in [-0.2, -0.15) is 13.2 Å². The SMILES string of the molecule is CCc1cc2c(c(OCC(F)(F)F)c(C(=O)O)n2C)c(=O)n1-c1ccccc1. The van der Waals surface area contributed by atoms with Crippen LogP contribution in [0.25, 0.3) is 16.6 Å². The number of aromatic carboxylic acids is 1. The molecule has 3 rings (SSSR count). The van der Waals surface area contributed by atoms with Gasteiger partial charge in [0.05, 0.1) is 5.52 Å². The molecule has 0 unspecified atom stereocenters. The number of pyridine rings is 1. The Morgan fingerprint density at radius 1 is 1.21 bits per heavy atom. The van der Waals surface area contributed by atoms with Gasteiger partial charge < -0.3 is 14.4 Å². The summed E-state index contributed by atoms with van der Waals surface area (Å²) in [6.45, 7) is 0.120. The molecule has 2 heterocycles. The number of carbonyl (C=O) groups is 1. The molecule has 28 heavy (non-hydrogen) atoms. The number of hydrogen-bond donors (Lipinski definition) is 1. The lowest BCUT2D eigenvalue weighted by atomic mass is 10.2. The fourth-order valence-corrected chi connectivity index (χ4v) is 3.17. The highest BCUT2D eigenvalue weighted by atomic mass is 19.4. The normalized spacial score (nSPS) is 11.8. The van der Waals surface area contributed by atoms with Crippen LogP contribution in [0.15, 0.2) is 41.2 Å². The third-order valence-corrected chi connectivity index (χ3v) is 4.36. The van der Waals surface area contributed by atoms with Crippen molar-refractivity contribution in [2.45, 2.75) is 19.5 Å². The summed E-state index contributed by atoms with van der Waals surface area (Å²) in [5.41, 5.74) is 0.158. The third-order valence-electron chi connectivity index (χ3n) is 4.36. The van der Waals surface area contributed by atoms with Gasteiger partial charge in [-0.1, -0.05) is 25.1 Å². The Kier molecular flexibility index (Phi) is 4.93. The Morgan fingerprint density at radius 2 is 1.86 bits per heavy atom. The van der Waals surface area contributed by atoms with Crippen molar-refractivity contribution < 1.29 is 27.8 Å². The number of fused-ring (bicyclic) bond motifs is 1. The van der Waals surface area contributed by atoms with Gasteiger partial charge in [-0.05, 0) is 24.6 Å². The number of aryl methyl sites for hydroxylation is 2. The van der Waals surface area contributed by atoms with E-state index < -0.39 is 35.8 Å². The maximum Gasteiger partial charge on any atom is 0.422 e. The number of rotatable bonds is 5. The van der Waals surface area contributed by atoms with Gasteiger partial charge in [0.25, 0.3) is 5.56 Å². The molecular weight excluding hydrogens is 377 g/mol. The lowest BCUT2D eigenvalue weighted by Crippen LogP contribution is -2.23. The van der Waals surface area contributed by atoms with E-state index in [9.17, 15) is 27.9 Å². The second kappa shape index (κ2) is 7.06. The van der Waals surface area contributed by atoms with Gasteiger partial charge in [0, 0.05) is 18.4 Å². The topological polar surface area (TPSA) is 73.5 Å². The number of ether oxygens (including phenoxy) is 1. The minimum absolute atomic E-state index is 0.198. The summed E-state index contributed by atoms with van der Waals surface area (Å²) in [7, 11) is 1.37. The fraction of sp³-hybridized carbons (Fsp3) is 0.263. The first-order chi connectivity index (χ1) is 13.2. The number of alkyl halides is 3. The predicted molar refractivity (Wildman–Crippen MR) is 96.4 cm³/mol. The molecule has 1 aromatic carbocycles. The van der Waals surface area contributed by atoms with Gasteiger partial charge in [0.15, 0.2) is 18.1 Å². The van der Waals surface area contributed by atoms with Gasteiger partial charge >= 0.3 is 12.1 Å². The molecule has 0 amide bonds. The summed E-state index contributed by atoms with van der Waals surface area (Å²) in [5.74, 6) is -2.07. The van der Waals surface area contributed by atoms with Crippen LogP contribution < -0.4 is 10.3 Å². The number of hydrogen-bond acceptors (Lipinski definition) is 3. The first-order valence-corrected chi connectivity index (χ1v) is 8.41. The Balaban J connectivity index is 2.39. The van der Waals surface area contributed by atoms with Crippen LogP contribution in [0.2, 0.25) is 0 Å². The molecule has 6 nitrogen and oxygen atoms in total. The van der Waals surface area contributed by atoms with Crippen molar-refractivity contribution in [3.8, 4) is 11.4 Å². The van der Waals surface area contributed by atoms with Crippen LogP contribution in [0.5, 0.6) is 5.75 Å². The van der Waals surface area contributed by atoms with Gasteiger partial charge in [-0.3, -0.25) is 9.36 Å². The second-order valence-electron chi connectivity index (χ2n) is 6.17. The minimum Gasteiger partial charge on any atom is -0.481 e. The van der Waals surface area contributed by atoms with E-state index in [1.165, 1.54) is 16.2 Å². The Bertz CT molecular complexity index is 1100. The molecule has 0 aliphatic rings. The Morgan fingerprint density at radius 3 is 2.39 bits per heavy atom. The molecule has 0 atom stereocenters. The standard InChI is InChI=1S/C19H17F3N2O4/c1-3-11-9-13-14(17(25)24(11)12-7-5-4-6-8-12)16(28-10-19(20,21)22)15(18(26)27)23(13)2/h4-9H,3,10H2,1-2H3,(H,26,27). The van der Waals surface area contributed by atoms with E-state index in [1.807, 2.05) is 6.92 Å². The molecule has 3 aromatic rings. The van der Waals surface area contributed by atoms with Gasteiger partial charge in [-0.25, -0.2) is 4.79 Å². The number of halogens is 3. The number of nitrogens with zero attached hydrogens (tertiary/aromatic N) is 2. The van der Waals surface area contributed by atoms with E-state index in [4.69, 9.17) is 4.74 Å². The van der Waals surface area contributed by atoms with Crippen LogP contribution in [0.3, 0.4) is 0 Å². The molecule has 0 fully saturated rings. The minimum atomic E-state index is -4.68. The average Bonchev–Trinajstić information content (AvgIpc) is 2.92. The summed E-state index contributed by atoms with van der Waals surface area (Å²) in [4.78, 5) is 24.9. The lowest BCUT2D eigenvalue weighted by Gasteiger charge is -2.13. The highest BCUT2D eigenvalue weighted by Crippen LogP contribution is 2.33. The van der Waals surface area contributed by atoms with Crippen LogP contribution in [-0.2, 0) is 13.5 Å². The van der Waals surface area contributed by atoms with E-state index in [-0.39, 0.29) is 10.9 Å². The fourth-order valence-electron chi connectivity index (χ4n) is 3.17. The molecule has 1 N–H and O–H groups in total. The first kappa shape index (κ1) is 19.5. The average molecular weight is 394 g/mol. The zero-order valence-corrected chi connectivity index (χ0v) is 15.1. The summed E-state index contributed by atoms with van der Waals surface area (Å²) in [5, 5.41) is 9.29. The largest absolute Gasteiger partial charge is 0.481 e. The summed E-state index contributed by atoms with van der Waals surface area (Å²) in [6, 6.07) is 10.2. The van der Waals surface area contributed by atoms with Crippen molar-refractivity contribution in [1.29, 1.82) is 0 Å². The zero-order chi connectivity index (χ0) is 20.6. The van der Waals surface area contributed by atoms with E-state index >= 15 is 0 Å². The van der Waals surface area contributed by atoms with E-state index in [1.54, 1.807) is 36.4 Å². The number of carboxylic acids is 1. The monoisotopic (exact) mass is 394 g/mol. The summed E-state index contributed by atoms with van der Waals surface area (Å²) >= 11 is 0. The lowest BCUT2D eigenvalue weighted by molar-refractivity contribution is -0.153. The molecule has 0 aliphatic heterocycles. The maximum absolute atomic E-state index is 13.2. The molecule has 2 aromatic heterocycles. The molecule has 0 bridgehead atoms. The zero-order valence-electron chi connectivity index (χ0n) is 15.1. The van der Waals surface area contributed by atoms with Crippen LogP contribution in [0.4, 0.5) is 13.2 Å². The van der Waals surface area contributed by atoms with E-state index in [0.717, 1.165) is 0 Å². The van der Waals surface area contributed by atoms with Crippen LogP contribution in [-0.4, -0.2) is 33.0 Å². The van der Waals surface area contributed by atoms with Gasteiger partial charge in [-0.15, -0.1) is 0 Å². The molecule has 0 radical (unpaired) electrons. The first-order valence-electron chi connectivity index (χ1n) is 8.41. The molecular formula is C19H17F3N2O4. The Hall–Kier alpha value is -3.23. The number of aromatic nitrogens is 2. The number of para-hydroxylation sites is 1. The third kappa shape index (κ3) is 3.35. The molecule has 0 saturated carbocycles. The number of carboxylic acid groups (broad SMARTS) is 1. The van der Waals surface area contributed by atoms with Crippen molar-refractivity contribution in [3.05, 3.63) is 58.1 Å². The molecule has 9 heteroatoms. The number of benzene rings is 1. The van der Waals surface area contributed by atoms with E-state index in [0.29, 0.717) is 17.8 Å². The molecule has 0 aliphatic carbocycles. The van der Waals surface area contributed by atoms with Crippen molar-refractivity contribution in [1.82, 2.24) is 9.13 Å².